The summed E-state index contributed by atoms with van der Waals surface area (Å²) in [6.45, 7) is 1.78. The number of nitrogens with one attached hydrogen (secondary N) is 1. The minimum Gasteiger partial charge on any atom is -0.496 e. The molecule has 3 aromatic rings. The first kappa shape index (κ1) is 18.5. The van der Waals surface area contributed by atoms with E-state index in [2.05, 4.69) is 15.5 Å². The number of rotatable bonds is 4. The largest absolute Gasteiger partial charge is 0.496 e. The maximum absolute atomic E-state index is 13.0. The second-order valence-electron chi connectivity index (χ2n) is 7.29. The third kappa shape index (κ3) is 3.26. The number of hydrogen-bond donors (Lipinski definition) is 2. The predicted molar refractivity (Wildman–Crippen MR) is 97.2 cm³/mol. The van der Waals surface area contributed by atoms with E-state index >= 15 is 0 Å². The number of fused-ring (bicyclic) bond motifs is 1. The molecule has 1 aliphatic rings. The SMILES string of the molecule is COc1cc(C(F)(F)F)ccc1-c1nnc(NC2CC(C)(O)C2)n2cccc12. The summed E-state index contributed by atoms with van der Waals surface area (Å²) >= 11 is 0. The first-order chi connectivity index (χ1) is 13.2. The van der Waals surface area contributed by atoms with Gasteiger partial charge in [0.2, 0.25) is 5.95 Å². The first-order valence-corrected chi connectivity index (χ1v) is 8.76. The molecule has 9 heteroatoms. The number of methoxy groups -OCH3 is 1. The molecule has 4 rings (SSSR count). The summed E-state index contributed by atoms with van der Waals surface area (Å²) in [7, 11) is 1.32. The van der Waals surface area contributed by atoms with Gasteiger partial charge in [-0.25, -0.2) is 0 Å². The zero-order valence-corrected chi connectivity index (χ0v) is 15.3. The van der Waals surface area contributed by atoms with Gasteiger partial charge in [0.05, 0.1) is 23.8 Å². The molecule has 1 aliphatic carbocycles. The van der Waals surface area contributed by atoms with E-state index in [9.17, 15) is 18.3 Å². The minimum absolute atomic E-state index is 0.0722. The molecule has 1 fully saturated rings. The lowest BCUT2D eigenvalue weighted by Gasteiger charge is -2.41. The normalized spacial score (nSPS) is 22.1. The van der Waals surface area contributed by atoms with Crippen LogP contribution in [0.1, 0.15) is 25.3 Å². The Hall–Kier alpha value is -2.81. The number of ether oxygens (including phenoxy) is 1. The maximum atomic E-state index is 13.0. The molecule has 2 aromatic heterocycles. The van der Waals surface area contributed by atoms with E-state index in [-0.39, 0.29) is 11.8 Å². The summed E-state index contributed by atoms with van der Waals surface area (Å²) in [6, 6.07) is 7.00. The monoisotopic (exact) mass is 392 g/mol. The van der Waals surface area contributed by atoms with Crippen LogP contribution in [0, 0.1) is 0 Å². The number of hydrogen-bond acceptors (Lipinski definition) is 5. The summed E-state index contributed by atoms with van der Waals surface area (Å²) in [5.74, 6) is 0.582. The minimum atomic E-state index is -4.46. The highest BCUT2D eigenvalue weighted by Gasteiger charge is 2.39. The molecule has 0 atom stereocenters. The van der Waals surface area contributed by atoms with Crippen molar-refractivity contribution in [1.29, 1.82) is 0 Å². The lowest BCUT2D eigenvalue weighted by Crippen LogP contribution is -2.48. The van der Waals surface area contributed by atoms with Crippen molar-refractivity contribution in [2.45, 2.75) is 37.6 Å². The molecule has 28 heavy (non-hydrogen) atoms. The van der Waals surface area contributed by atoms with Crippen molar-refractivity contribution in [3.8, 4) is 17.0 Å². The van der Waals surface area contributed by atoms with Gasteiger partial charge in [0, 0.05) is 17.8 Å². The van der Waals surface area contributed by atoms with E-state index in [1.165, 1.54) is 13.2 Å². The Morgan fingerprint density at radius 2 is 2.00 bits per heavy atom. The standard InChI is InChI=1S/C19H19F3N4O2/c1-18(27)9-12(10-18)23-17-25-24-16(14-4-3-7-26(14)17)13-6-5-11(19(20,21)22)8-15(13)28-2/h3-8,12,27H,9-10H2,1-2H3,(H,23,25). The molecular formula is C19H19F3N4O2. The third-order valence-corrected chi connectivity index (χ3v) is 4.95. The average molecular weight is 392 g/mol. The zero-order chi connectivity index (χ0) is 20.1. The quantitative estimate of drug-likeness (QED) is 0.708. The molecule has 1 aromatic carbocycles. The molecule has 2 N–H and O–H groups in total. The van der Waals surface area contributed by atoms with Crippen LogP contribution in [0.4, 0.5) is 19.1 Å². The van der Waals surface area contributed by atoms with E-state index in [0.717, 1.165) is 12.1 Å². The molecule has 148 valence electrons. The molecule has 6 nitrogen and oxygen atoms in total. The van der Waals surface area contributed by atoms with Gasteiger partial charge < -0.3 is 15.2 Å². The van der Waals surface area contributed by atoms with Crippen LogP contribution in [-0.4, -0.2) is 38.5 Å². The van der Waals surface area contributed by atoms with Crippen LogP contribution in [0.3, 0.4) is 0 Å². The summed E-state index contributed by atoms with van der Waals surface area (Å²) in [5, 5.41) is 21.6. The van der Waals surface area contributed by atoms with Gasteiger partial charge in [-0.15, -0.1) is 10.2 Å². The number of aliphatic hydroxyl groups is 1. The Morgan fingerprint density at radius 1 is 1.25 bits per heavy atom. The van der Waals surface area contributed by atoms with Gasteiger partial charge in [-0.3, -0.25) is 4.40 Å². The number of anilines is 1. The van der Waals surface area contributed by atoms with Gasteiger partial charge in [-0.05, 0) is 50.1 Å². The van der Waals surface area contributed by atoms with E-state index < -0.39 is 17.3 Å². The molecule has 1 saturated carbocycles. The van der Waals surface area contributed by atoms with Gasteiger partial charge in [0.25, 0.3) is 0 Å². The Kier molecular flexibility index (Phi) is 4.22. The second kappa shape index (κ2) is 6.37. The number of benzene rings is 1. The van der Waals surface area contributed by atoms with Gasteiger partial charge in [0.15, 0.2) is 0 Å². The number of aromatic nitrogens is 3. The fourth-order valence-corrected chi connectivity index (χ4v) is 3.60. The summed E-state index contributed by atoms with van der Waals surface area (Å²) in [5.41, 5.74) is 0.0602. The van der Waals surface area contributed by atoms with Crippen LogP contribution in [0.5, 0.6) is 5.75 Å². The van der Waals surface area contributed by atoms with E-state index in [1.54, 1.807) is 23.6 Å². The average Bonchev–Trinajstić information content (AvgIpc) is 3.09. The Labute approximate surface area is 159 Å². The Morgan fingerprint density at radius 3 is 2.64 bits per heavy atom. The lowest BCUT2D eigenvalue weighted by atomic mass is 9.77. The van der Waals surface area contributed by atoms with Crippen molar-refractivity contribution in [2.24, 2.45) is 0 Å². The molecule has 0 bridgehead atoms. The third-order valence-electron chi connectivity index (χ3n) is 4.95. The summed E-state index contributed by atoms with van der Waals surface area (Å²) < 4.78 is 46.0. The van der Waals surface area contributed by atoms with Crippen LogP contribution >= 0.6 is 0 Å². The highest BCUT2D eigenvalue weighted by molar-refractivity contribution is 5.81. The van der Waals surface area contributed by atoms with Crippen molar-refractivity contribution in [2.75, 3.05) is 12.4 Å². The second-order valence-corrected chi connectivity index (χ2v) is 7.29. The van der Waals surface area contributed by atoms with E-state index in [0.29, 0.717) is 35.6 Å². The van der Waals surface area contributed by atoms with Crippen LogP contribution < -0.4 is 10.1 Å². The maximum Gasteiger partial charge on any atom is 0.416 e. The van der Waals surface area contributed by atoms with E-state index in [1.807, 2.05) is 6.07 Å². The fourth-order valence-electron chi connectivity index (χ4n) is 3.60. The fraction of sp³-hybridized carbons (Fsp3) is 0.368. The van der Waals surface area contributed by atoms with Gasteiger partial charge in [-0.2, -0.15) is 13.2 Å². The molecule has 0 amide bonds. The molecule has 0 radical (unpaired) electrons. The molecule has 2 heterocycles. The van der Waals surface area contributed by atoms with Crippen molar-refractivity contribution in [3.63, 3.8) is 0 Å². The zero-order valence-electron chi connectivity index (χ0n) is 15.3. The van der Waals surface area contributed by atoms with E-state index in [4.69, 9.17) is 4.74 Å². The Bertz CT molecular complexity index is 1020. The number of nitrogens with zero attached hydrogens (tertiary/aromatic N) is 3. The molecule has 0 saturated heterocycles. The lowest BCUT2D eigenvalue weighted by molar-refractivity contribution is -0.137. The van der Waals surface area contributed by atoms with Gasteiger partial charge in [0.1, 0.15) is 11.4 Å². The van der Waals surface area contributed by atoms with Gasteiger partial charge >= 0.3 is 6.18 Å². The highest BCUT2D eigenvalue weighted by atomic mass is 19.4. The van der Waals surface area contributed by atoms with Crippen molar-refractivity contribution in [1.82, 2.24) is 14.6 Å². The molecule has 0 unspecified atom stereocenters. The van der Waals surface area contributed by atoms with Crippen LogP contribution in [0.2, 0.25) is 0 Å². The van der Waals surface area contributed by atoms with Gasteiger partial charge in [-0.1, -0.05) is 0 Å². The van der Waals surface area contributed by atoms with Crippen LogP contribution in [0.25, 0.3) is 16.8 Å². The summed E-state index contributed by atoms with van der Waals surface area (Å²) in [6.07, 6.45) is -1.46. The molecule has 0 spiro atoms. The number of halogens is 3. The highest BCUT2D eigenvalue weighted by Crippen LogP contribution is 2.38. The smallest absolute Gasteiger partial charge is 0.416 e. The van der Waals surface area contributed by atoms with Crippen molar-refractivity contribution >= 4 is 11.5 Å². The Balaban J connectivity index is 1.73. The topological polar surface area (TPSA) is 71.7 Å². The molecular weight excluding hydrogens is 373 g/mol. The number of alkyl halides is 3. The van der Waals surface area contributed by atoms with Crippen molar-refractivity contribution < 1.29 is 23.0 Å². The predicted octanol–water partition coefficient (Wildman–Crippen LogP) is 3.75. The first-order valence-electron chi connectivity index (χ1n) is 8.76. The van der Waals surface area contributed by atoms with Crippen LogP contribution in [0.15, 0.2) is 36.5 Å². The molecule has 0 aliphatic heterocycles. The summed E-state index contributed by atoms with van der Waals surface area (Å²) in [4.78, 5) is 0. The van der Waals surface area contributed by atoms with Crippen LogP contribution in [-0.2, 0) is 6.18 Å². The van der Waals surface area contributed by atoms with Crippen molar-refractivity contribution in [3.05, 3.63) is 42.1 Å².